The van der Waals surface area contributed by atoms with Crippen LogP contribution < -0.4 is 24.0 Å². The van der Waals surface area contributed by atoms with E-state index in [2.05, 4.69) is 30.6 Å². The van der Waals surface area contributed by atoms with Crippen molar-refractivity contribution < 1.29 is 29.2 Å². The maximum atomic E-state index is 12.0. The lowest BCUT2D eigenvalue weighted by atomic mass is 9.95. The number of carbonyl (C=O) groups is 1. The summed E-state index contributed by atoms with van der Waals surface area (Å²) in [4.78, 5) is 27.0. The molecule has 1 aliphatic heterocycles. The van der Waals surface area contributed by atoms with Crippen LogP contribution in [-0.4, -0.2) is 87.8 Å². The van der Waals surface area contributed by atoms with E-state index in [0.717, 1.165) is 46.7 Å². The average molecular weight is 724 g/mol. The number of benzene rings is 3. The summed E-state index contributed by atoms with van der Waals surface area (Å²) in [5.41, 5.74) is 5.87. The van der Waals surface area contributed by atoms with Crippen LogP contribution in [0.2, 0.25) is 0 Å². The molecule has 3 heterocycles. The number of methoxy groups -OCH3 is 2. The maximum Gasteiger partial charge on any atom is 0.407 e. The number of unbranched alkanes of at least 4 members (excludes halogenated alkanes) is 1. The van der Waals surface area contributed by atoms with E-state index < -0.39 is 12.2 Å². The fourth-order valence-electron chi connectivity index (χ4n) is 6.54. The van der Waals surface area contributed by atoms with Crippen LogP contribution >= 0.6 is 0 Å². The van der Waals surface area contributed by atoms with Gasteiger partial charge in [-0.15, -0.1) is 5.10 Å². The van der Waals surface area contributed by atoms with Gasteiger partial charge in [0.05, 0.1) is 32.7 Å². The fourth-order valence-corrected chi connectivity index (χ4v) is 6.54. The zero-order chi connectivity index (χ0) is 37.5. The van der Waals surface area contributed by atoms with E-state index in [1.807, 2.05) is 66.7 Å². The second kappa shape index (κ2) is 16.8. The molecule has 53 heavy (non-hydrogen) atoms. The summed E-state index contributed by atoms with van der Waals surface area (Å²) in [6, 6.07) is 22.0. The number of amides is 1. The number of nitrogens with zero attached hydrogens (tertiary/aromatic N) is 7. The first-order chi connectivity index (χ1) is 25.7. The van der Waals surface area contributed by atoms with Crippen LogP contribution in [0.4, 0.5) is 16.3 Å². The standard InChI is InChI=1S/C40H49N7O6/c1-6-7-22-53-39-42-38(46(25-28-8-13-31(51-4)14-9-28)26-29-10-15-32(52-5)16-11-29)37-41-24-35(47(37)43-39)36(48)30-12-17-34(33(23-30)27(2)3)44-18-20-45(21-19-44)40(49)50/h8-17,23-24,27,36,48H,6-7,18-22,25-26H2,1-5H3,(H,49,50). The highest BCUT2D eigenvalue weighted by atomic mass is 16.5. The number of aromatic nitrogens is 4. The summed E-state index contributed by atoms with van der Waals surface area (Å²) in [5, 5.41) is 26.2. The van der Waals surface area contributed by atoms with Crippen LogP contribution in [0.15, 0.2) is 72.9 Å². The van der Waals surface area contributed by atoms with Gasteiger partial charge in [0.25, 0.3) is 0 Å². The molecular formula is C40H49N7O6. The van der Waals surface area contributed by atoms with Crippen molar-refractivity contribution in [1.29, 1.82) is 0 Å². The van der Waals surface area contributed by atoms with E-state index >= 15 is 0 Å². The molecule has 1 fully saturated rings. The molecule has 3 aromatic carbocycles. The van der Waals surface area contributed by atoms with Gasteiger partial charge < -0.3 is 39.1 Å². The van der Waals surface area contributed by atoms with Gasteiger partial charge in [-0.2, -0.15) is 4.98 Å². The molecule has 0 spiro atoms. The second-order valence-electron chi connectivity index (χ2n) is 13.5. The topological polar surface area (TPSA) is 138 Å². The van der Waals surface area contributed by atoms with Crippen LogP contribution in [0.1, 0.15) is 73.6 Å². The Labute approximate surface area is 310 Å². The van der Waals surface area contributed by atoms with Gasteiger partial charge >= 0.3 is 12.1 Å². The summed E-state index contributed by atoms with van der Waals surface area (Å²) in [7, 11) is 3.30. The maximum absolute atomic E-state index is 12.0. The van der Waals surface area contributed by atoms with E-state index in [4.69, 9.17) is 29.3 Å². The van der Waals surface area contributed by atoms with Crippen molar-refractivity contribution >= 4 is 23.2 Å². The number of aliphatic hydroxyl groups excluding tert-OH is 1. The third-order valence-corrected chi connectivity index (χ3v) is 9.61. The van der Waals surface area contributed by atoms with Crippen LogP contribution in [-0.2, 0) is 13.1 Å². The van der Waals surface area contributed by atoms with Gasteiger partial charge in [-0.25, -0.2) is 14.3 Å². The number of aliphatic hydroxyl groups is 1. The number of piperazine rings is 1. The van der Waals surface area contributed by atoms with Gasteiger partial charge in [-0.1, -0.05) is 63.6 Å². The first-order valence-electron chi connectivity index (χ1n) is 18.1. The number of imidazole rings is 1. The number of rotatable bonds is 15. The Balaban J connectivity index is 1.39. The quantitative estimate of drug-likeness (QED) is 0.114. The molecular weight excluding hydrogens is 674 g/mol. The van der Waals surface area contributed by atoms with Crippen LogP contribution in [0.25, 0.3) is 5.65 Å². The predicted octanol–water partition coefficient (Wildman–Crippen LogP) is 6.53. The third-order valence-electron chi connectivity index (χ3n) is 9.61. The molecule has 1 unspecified atom stereocenters. The number of ether oxygens (including phenoxy) is 3. The number of anilines is 2. The molecule has 5 aromatic rings. The summed E-state index contributed by atoms with van der Waals surface area (Å²) < 4.78 is 18.6. The molecule has 280 valence electrons. The normalized spacial score (nSPS) is 13.7. The van der Waals surface area contributed by atoms with Crippen LogP contribution in [0, 0.1) is 0 Å². The number of fused-ring (bicyclic) bond motifs is 1. The van der Waals surface area contributed by atoms with Gasteiger partial charge in [0, 0.05) is 45.0 Å². The number of hydrogen-bond acceptors (Lipinski definition) is 10. The number of hydrogen-bond donors (Lipinski definition) is 2. The van der Waals surface area contributed by atoms with Crippen molar-refractivity contribution in [3.8, 4) is 17.5 Å². The molecule has 0 radical (unpaired) electrons. The van der Waals surface area contributed by atoms with Crippen molar-refractivity contribution in [3.63, 3.8) is 0 Å². The Kier molecular flexibility index (Phi) is 11.8. The van der Waals surface area contributed by atoms with E-state index in [9.17, 15) is 15.0 Å². The van der Waals surface area contributed by atoms with E-state index in [1.54, 1.807) is 24.9 Å². The monoisotopic (exact) mass is 723 g/mol. The average Bonchev–Trinajstić information content (AvgIpc) is 3.61. The molecule has 13 heteroatoms. The van der Waals surface area contributed by atoms with Crippen molar-refractivity contribution in [3.05, 3.63) is 101 Å². The molecule has 1 saturated heterocycles. The van der Waals surface area contributed by atoms with E-state index in [-0.39, 0.29) is 11.9 Å². The summed E-state index contributed by atoms with van der Waals surface area (Å²) in [5.74, 6) is 2.27. The minimum Gasteiger partial charge on any atom is -0.497 e. The highest BCUT2D eigenvalue weighted by molar-refractivity contribution is 5.67. The summed E-state index contributed by atoms with van der Waals surface area (Å²) in [6.45, 7) is 9.88. The van der Waals surface area contributed by atoms with Gasteiger partial charge in [0.2, 0.25) is 0 Å². The van der Waals surface area contributed by atoms with Crippen molar-refractivity contribution in [2.75, 3.05) is 56.8 Å². The van der Waals surface area contributed by atoms with Gasteiger partial charge in [-0.3, -0.25) is 0 Å². The first-order valence-corrected chi connectivity index (χ1v) is 18.1. The Morgan fingerprint density at radius 2 is 1.53 bits per heavy atom. The van der Waals surface area contributed by atoms with Gasteiger partial charge in [-0.05, 0) is 64.9 Å². The Bertz CT molecular complexity index is 1930. The lowest BCUT2D eigenvalue weighted by molar-refractivity contribution is 0.142. The largest absolute Gasteiger partial charge is 0.497 e. The smallest absolute Gasteiger partial charge is 0.407 e. The molecule has 0 aliphatic carbocycles. The molecule has 1 atom stereocenters. The first kappa shape index (κ1) is 37.2. The zero-order valence-corrected chi connectivity index (χ0v) is 31.1. The molecule has 0 bridgehead atoms. The summed E-state index contributed by atoms with van der Waals surface area (Å²) in [6.07, 6.45) is 1.50. The van der Waals surface area contributed by atoms with Crippen molar-refractivity contribution in [2.24, 2.45) is 0 Å². The molecule has 2 N–H and O–H groups in total. The Morgan fingerprint density at radius 3 is 2.08 bits per heavy atom. The van der Waals surface area contributed by atoms with Crippen LogP contribution in [0.5, 0.6) is 17.5 Å². The molecule has 1 aliphatic rings. The minimum absolute atomic E-state index is 0.161. The summed E-state index contributed by atoms with van der Waals surface area (Å²) >= 11 is 0. The highest BCUT2D eigenvalue weighted by Crippen LogP contribution is 2.34. The van der Waals surface area contributed by atoms with E-state index in [1.165, 1.54) is 4.90 Å². The molecule has 2 aromatic heterocycles. The Hall–Kier alpha value is -5.56. The third kappa shape index (κ3) is 8.57. The van der Waals surface area contributed by atoms with Crippen molar-refractivity contribution in [1.82, 2.24) is 24.5 Å². The lowest BCUT2D eigenvalue weighted by Gasteiger charge is -2.36. The highest BCUT2D eigenvalue weighted by Gasteiger charge is 2.27. The second-order valence-corrected chi connectivity index (χ2v) is 13.5. The molecule has 1 amide bonds. The van der Waals surface area contributed by atoms with Crippen LogP contribution in [0.3, 0.4) is 0 Å². The van der Waals surface area contributed by atoms with E-state index in [0.29, 0.717) is 68.6 Å². The van der Waals surface area contributed by atoms with Gasteiger partial charge in [0.15, 0.2) is 11.5 Å². The Morgan fingerprint density at radius 1 is 0.906 bits per heavy atom. The lowest BCUT2D eigenvalue weighted by Crippen LogP contribution is -2.48. The SMILES string of the molecule is CCCCOc1nc(N(Cc2ccc(OC)cc2)Cc2ccc(OC)cc2)c2ncc(C(O)c3ccc(N4CCN(C(=O)O)CC4)c(C(C)C)c3)n2n1. The molecule has 6 rings (SSSR count). The predicted molar refractivity (Wildman–Crippen MR) is 203 cm³/mol. The van der Waals surface area contributed by atoms with Gasteiger partial charge in [0.1, 0.15) is 17.6 Å². The molecule has 0 saturated carbocycles. The number of carboxylic acid groups (broad SMARTS) is 1. The fraction of sp³-hybridized carbons (Fsp3) is 0.400. The zero-order valence-electron chi connectivity index (χ0n) is 31.1. The molecule has 13 nitrogen and oxygen atoms in total. The minimum atomic E-state index is -1.05. The van der Waals surface area contributed by atoms with Crippen molar-refractivity contribution in [2.45, 2.75) is 58.7 Å².